The molecule has 13 heavy (non-hydrogen) atoms. The molecule has 0 aliphatic rings. The number of imidazole rings is 1. The first-order valence-corrected chi connectivity index (χ1v) is 4.18. The zero-order valence-electron chi connectivity index (χ0n) is 7.45. The smallest absolute Gasteiger partial charge is 0.269 e. The second-order valence-electron chi connectivity index (χ2n) is 2.74. The Morgan fingerprint density at radius 2 is 2.62 bits per heavy atom. The highest BCUT2D eigenvalue weighted by Gasteiger charge is 2.07. The van der Waals surface area contributed by atoms with E-state index in [0.717, 1.165) is 0 Å². The quantitative estimate of drug-likeness (QED) is 0.610. The minimum atomic E-state index is -0.480. The van der Waals surface area contributed by atoms with Gasteiger partial charge in [-0.05, 0) is 6.42 Å². The minimum absolute atomic E-state index is 0.245. The summed E-state index contributed by atoms with van der Waals surface area (Å²) < 4.78 is 0. The van der Waals surface area contributed by atoms with E-state index in [4.69, 9.17) is 5.11 Å². The molecule has 1 amide bonds. The second kappa shape index (κ2) is 4.61. The molecule has 1 unspecified atom stereocenters. The lowest BCUT2D eigenvalue weighted by Crippen LogP contribution is -2.31. The first-order valence-electron chi connectivity index (χ1n) is 4.18. The van der Waals surface area contributed by atoms with Gasteiger partial charge in [-0.1, -0.05) is 6.92 Å². The first kappa shape index (κ1) is 9.73. The lowest BCUT2D eigenvalue weighted by molar-refractivity contribution is 0.0909. The van der Waals surface area contributed by atoms with E-state index in [0.29, 0.717) is 12.1 Å². The summed E-state index contributed by atoms with van der Waals surface area (Å²) in [5.74, 6) is -0.245. The van der Waals surface area contributed by atoms with Crippen molar-refractivity contribution in [2.24, 2.45) is 0 Å². The van der Waals surface area contributed by atoms with Crippen LogP contribution in [-0.4, -0.2) is 33.6 Å². The molecule has 72 valence electrons. The van der Waals surface area contributed by atoms with Crippen molar-refractivity contribution >= 4 is 5.91 Å². The van der Waals surface area contributed by atoms with Gasteiger partial charge in [-0.3, -0.25) is 4.79 Å². The first-order chi connectivity index (χ1) is 6.24. The van der Waals surface area contributed by atoms with Gasteiger partial charge < -0.3 is 15.4 Å². The van der Waals surface area contributed by atoms with Crippen LogP contribution >= 0.6 is 0 Å². The lowest BCUT2D eigenvalue weighted by Gasteiger charge is -2.07. The highest BCUT2D eigenvalue weighted by molar-refractivity contribution is 5.91. The number of aromatic nitrogens is 2. The van der Waals surface area contributed by atoms with E-state index in [1.807, 2.05) is 6.92 Å². The molecule has 1 aromatic heterocycles. The number of hydrogen-bond donors (Lipinski definition) is 3. The van der Waals surface area contributed by atoms with Crippen molar-refractivity contribution in [2.45, 2.75) is 19.4 Å². The molecule has 0 radical (unpaired) electrons. The van der Waals surface area contributed by atoms with Crippen LogP contribution in [0.15, 0.2) is 12.5 Å². The van der Waals surface area contributed by atoms with Gasteiger partial charge in [0.25, 0.3) is 5.91 Å². The van der Waals surface area contributed by atoms with Crippen LogP contribution in [0.2, 0.25) is 0 Å². The number of aromatic amines is 1. The molecule has 3 N–H and O–H groups in total. The number of rotatable bonds is 4. The Labute approximate surface area is 76.2 Å². The van der Waals surface area contributed by atoms with E-state index < -0.39 is 6.10 Å². The maximum atomic E-state index is 11.2. The number of aliphatic hydroxyl groups is 1. The molecule has 0 aliphatic heterocycles. The summed E-state index contributed by atoms with van der Waals surface area (Å²) in [6.45, 7) is 2.13. The van der Waals surface area contributed by atoms with Crippen LogP contribution in [0.3, 0.4) is 0 Å². The third-order valence-electron chi connectivity index (χ3n) is 1.71. The molecule has 5 nitrogen and oxygen atoms in total. The number of aliphatic hydroxyl groups excluding tert-OH is 1. The highest BCUT2D eigenvalue weighted by Crippen LogP contribution is 1.91. The van der Waals surface area contributed by atoms with Gasteiger partial charge in [0.1, 0.15) is 5.69 Å². The summed E-state index contributed by atoms with van der Waals surface area (Å²) in [5.41, 5.74) is 0.406. The molecule has 0 spiro atoms. The molecular formula is C8H13N3O2. The minimum Gasteiger partial charge on any atom is -0.391 e. The number of carbonyl (C=O) groups is 1. The SMILES string of the molecule is CCC(O)CNC(=O)c1cnc[nH]1. The molecular weight excluding hydrogens is 170 g/mol. The summed E-state index contributed by atoms with van der Waals surface area (Å²) in [6, 6.07) is 0. The molecule has 0 aromatic carbocycles. The maximum Gasteiger partial charge on any atom is 0.269 e. The van der Waals surface area contributed by atoms with Crippen LogP contribution < -0.4 is 5.32 Å². The molecule has 0 bridgehead atoms. The fourth-order valence-electron chi connectivity index (χ4n) is 0.830. The molecule has 1 atom stereocenters. The molecule has 1 rings (SSSR count). The van der Waals surface area contributed by atoms with E-state index in [9.17, 15) is 4.79 Å². The lowest BCUT2D eigenvalue weighted by atomic mass is 10.3. The third kappa shape index (κ3) is 2.87. The fourth-order valence-corrected chi connectivity index (χ4v) is 0.830. The number of carbonyl (C=O) groups excluding carboxylic acids is 1. The van der Waals surface area contributed by atoms with Crippen molar-refractivity contribution in [2.75, 3.05) is 6.54 Å². The monoisotopic (exact) mass is 183 g/mol. The number of H-pyrrole nitrogens is 1. The average molecular weight is 183 g/mol. The van der Waals surface area contributed by atoms with Crippen molar-refractivity contribution in [1.29, 1.82) is 0 Å². The van der Waals surface area contributed by atoms with Crippen molar-refractivity contribution in [3.63, 3.8) is 0 Å². The summed E-state index contributed by atoms with van der Waals surface area (Å²) in [4.78, 5) is 17.6. The number of amides is 1. The van der Waals surface area contributed by atoms with Crippen LogP contribution in [0, 0.1) is 0 Å². The van der Waals surface area contributed by atoms with Crippen LogP contribution in [0.4, 0.5) is 0 Å². The van der Waals surface area contributed by atoms with E-state index in [1.165, 1.54) is 12.5 Å². The Morgan fingerprint density at radius 1 is 1.85 bits per heavy atom. The largest absolute Gasteiger partial charge is 0.391 e. The van der Waals surface area contributed by atoms with Gasteiger partial charge in [-0.15, -0.1) is 0 Å². The van der Waals surface area contributed by atoms with Gasteiger partial charge in [0.15, 0.2) is 0 Å². The van der Waals surface area contributed by atoms with E-state index in [-0.39, 0.29) is 12.5 Å². The molecule has 1 heterocycles. The standard InChI is InChI=1S/C8H13N3O2/c1-2-6(12)3-10-8(13)7-4-9-5-11-7/h4-6,12H,2-3H2,1H3,(H,9,11)(H,10,13). The van der Waals surface area contributed by atoms with Crippen LogP contribution in [0.25, 0.3) is 0 Å². The zero-order chi connectivity index (χ0) is 9.68. The van der Waals surface area contributed by atoms with Gasteiger partial charge in [-0.2, -0.15) is 0 Å². The van der Waals surface area contributed by atoms with Gasteiger partial charge in [0.05, 0.1) is 18.6 Å². The summed E-state index contributed by atoms with van der Waals surface area (Å²) in [7, 11) is 0. The van der Waals surface area contributed by atoms with Gasteiger partial charge in [0, 0.05) is 6.54 Å². The van der Waals surface area contributed by atoms with Crippen molar-refractivity contribution in [1.82, 2.24) is 15.3 Å². The summed E-state index contributed by atoms with van der Waals surface area (Å²) in [5, 5.41) is 11.7. The van der Waals surface area contributed by atoms with Crippen LogP contribution in [-0.2, 0) is 0 Å². The predicted molar refractivity (Wildman–Crippen MR) is 47.2 cm³/mol. The van der Waals surface area contributed by atoms with E-state index >= 15 is 0 Å². The fraction of sp³-hybridized carbons (Fsp3) is 0.500. The number of hydrogen-bond acceptors (Lipinski definition) is 3. The van der Waals surface area contributed by atoms with Crippen molar-refractivity contribution in [3.05, 3.63) is 18.2 Å². The summed E-state index contributed by atoms with van der Waals surface area (Å²) in [6.07, 6.45) is 3.02. The molecule has 5 heteroatoms. The van der Waals surface area contributed by atoms with Gasteiger partial charge >= 0.3 is 0 Å². The zero-order valence-corrected chi connectivity index (χ0v) is 7.45. The van der Waals surface area contributed by atoms with Gasteiger partial charge in [-0.25, -0.2) is 4.98 Å². The predicted octanol–water partition coefficient (Wildman–Crippen LogP) is -0.0896. The van der Waals surface area contributed by atoms with E-state index in [2.05, 4.69) is 15.3 Å². The van der Waals surface area contributed by atoms with Crippen molar-refractivity contribution in [3.8, 4) is 0 Å². The second-order valence-corrected chi connectivity index (χ2v) is 2.74. The topological polar surface area (TPSA) is 78.0 Å². The normalized spacial score (nSPS) is 12.5. The Kier molecular flexibility index (Phi) is 3.45. The van der Waals surface area contributed by atoms with Gasteiger partial charge in [0.2, 0.25) is 0 Å². The highest BCUT2D eigenvalue weighted by atomic mass is 16.3. The molecule has 1 aromatic rings. The molecule has 0 fully saturated rings. The van der Waals surface area contributed by atoms with Crippen LogP contribution in [0.5, 0.6) is 0 Å². The third-order valence-corrected chi connectivity index (χ3v) is 1.71. The Hall–Kier alpha value is -1.36. The Bertz CT molecular complexity index is 258. The average Bonchev–Trinajstić information content (AvgIpc) is 2.66. The Morgan fingerprint density at radius 3 is 3.15 bits per heavy atom. The molecule has 0 saturated carbocycles. The molecule has 0 aliphatic carbocycles. The Balaban J connectivity index is 2.35. The van der Waals surface area contributed by atoms with Crippen LogP contribution in [0.1, 0.15) is 23.8 Å². The van der Waals surface area contributed by atoms with E-state index in [1.54, 1.807) is 0 Å². The number of nitrogens with one attached hydrogen (secondary N) is 2. The number of nitrogens with zero attached hydrogens (tertiary/aromatic N) is 1. The summed E-state index contributed by atoms with van der Waals surface area (Å²) >= 11 is 0. The van der Waals surface area contributed by atoms with Crippen molar-refractivity contribution < 1.29 is 9.90 Å². The maximum absolute atomic E-state index is 11.2. The molecule has 0 saturated heterocycles.